The van der Waals surface area contributed by atoms with Gasteiger partial charge in [-0.2, -0.15) is 0 Å². The van der Waals surface area contributed by atoms with Gasteiger partial charge in [-0.3, -0.25) is 9.59 Å². The zero-order chi connectivity index (χ0) is 22.4. The number of esters is 1. The van der Waals surface area contributed by atoms with E-state index in [4.69, 9.17) is 9.47 Å². The Bertz CT molecular complexity index is 957. The van der Waals surface area contributed by atoms with Crippen LogP contribution in [0.15, 0.2) is 18.2 Å². The number of benzene rings is 1. The predicted octanol–water partition coefficient (Wildman–Crippen LogP) is 3.68. The second kappa shape index (κ2) is 10.2. The van der Waals surface area contributed by atoms with Crippen molar-refractivity contribution in [2.45, 2.75) is 34.2 Å². The lowest BCUT2D eigenvalue weighted by atomic mass is 10.1. The normalized spacial score (nSPS) is 10.5. The van der Waals surface area contributed by atoms with Gasteiger partial charge in [-0.25, -0.2) is 9.18 Å². The van der Waals surface area contributed by atoms with Gasteiger partial charge >= 0.3 is 5.97 Å². The Balaban J connectivity index is 2.05. The fraction of sp³-hybridized carbons (Fsp3) is 0.381. The van der Waals surface area contributed by atoms with Crippen molar-refractivity contribution in [3.63, 3.8) is 0 Å². The van der Waals surface area contributed by atoms with E-state index in [1.165, 1.54) is 42.4 Å². The minimum absolute atomic E-state index is 0.124. The highest BCUT2D eigenvalue weighted by molar-refractivity contribution is 7.16. The van der Waals surface area contributed by atoms with Gasteiger partial charge in [0.15, 0.2) is 18.2 Å². The molecule has 0 bridgehead atoms. The first-order valence-electron chi connectivity index (χ1n) is 9.32. The van der Waals surface area contributed by atoms with Gasteiger partial charge < -0.3 is 19.7 Å². The van der Waals surface area contributed by atoms with Gasteiger partial charge in [0, 0.05) is 24.9 Å². The molecule has 1 aromatic heterocycles. The molecule has 0 unspecified atom stereocenters. The van der Waals surface area contributed by atoms with E-state index in [9.17, 15) is 18.8 Å². The van der Waals surface area contributed by atoms with Crippen LogP contribution in [-0.2, 0) is 20.9 Å². The van der Waals surface area contributed by atoms with Crippen LogP contribution in [0.2, 0.25) is 0 Å². The number of ether oxygens (including phenoxy) is 2. The van der Waals surface area contributed by atoms with E-state index >= 15 is 0 Å². The number of hydrogen-bond donors (Lipinski definition) is 1. The van der Waals surface area contributed by atoms with E-state index in [0.29, 0.717) is 22.7 Å². The maximum Gasteiger partial charge on any atom is 0.341 e. The summed E-state index contributed by atoms with van der Waals surface area (Å²) in [5.41, 5.74) is 1.54. The summed E-state index contributed by atoms with van der Waals surface area (Å²) in [7, 11) is 1.38. The number of thiophene rings is 1. The summed E-state index contributed by atoms with van der Waals surface area (Å²) in [5, 5.41) is 3.02. The van der Waals surface area contributed by atoms with Crippen molar-refractivity contribution in [1.82, 2.24) is 4.90 Å². The number of methoxy groups -OCH3 is 1. The number of anilines is 1. The predicted molar refractivity (Wildman–Crippen MR) is 112 cm³/mol. The van der Waals surface area contributed by atoms with Crippen LogP contribution in [-0.4, -0.2) is 42.9 Å². The van der Waals surface area contributed by atoms with Crippen LogP contribution in [0.3, 0.4) is 0 Å². The molecule has 2 aromatic rings. The monoisotopic (exact) mass is 436 g/mol. The molecule has 162 valence electrons. The number of amides is 2. The Hall–Kier alpha value is -2.94. The van der Waals surface area contributed by atoms with Crippen LogP contribution in [0.1, 0.15) is 40.2 Å². The SMILES string of the molecule is CCN(Cc1ccc(OC)c(F)c1)C(=O)COC(=O)c1c(NC(C)=O)sc(C)c1C. The molecule has 2 rings (SSSR count). The Morgan fingerprint density at radius 3 is 2.50 bits per heavy atom. The molecule has 0 radical (unpaired) electrons. The number of nitrogens with one attached hydrogen (secondary N) is 1. The third-order valence-electron chi connectivity index (χ3n) is 4.53. The number of nitrogens with zero attached hydrogens (tertiary/aromatic N) is 1. The van der Waals surface area contributed by atoms with Crippen LogP contribution >= 0.6 is 11.3 Å². The van der Waals surface area contributed by atoms with E-state index in [1.807, 2.05) is 6.92 Å². The minimum Gasteiger partial charge on any atom is -0.494 e. The Kier molecular flexibility index (Phi) is 7.93. The molecule has 0 aliphatic rings. The highest BCUT2D eigenvalue weighted by Crippen LogP contribution is 2.33. The summed E-state index contributed by atoms with van der Waals surface area (Å²) in [5.74, 6) is -1.78. The zero-order valence-corrected chi connectivity index (χ0v) is 18.4. The first kappa shape index (κ1) is 23.3. The van der Waals surface area contributed by atoms with Gasteiger partial charge in [0.1, 0.15) is 5.00 Å². The molecule has 0 saturated carbocycles. The Morgan fingerprint density at radius 1 is 1.23 bits per heavy atom. The summed E-state index contributed by atoms with van der Waals surface area (Å²) >= 11 is 1.27. The highest BCUT2D eigenvalue weighted by Gasteiger charge is 2.23. The summed E-state index contributed by atoms with van der Waals surface area (Å²) < 4.78 is 24.0. The standard InChI is InChI=1S/C21H25FN2O5S/c1-6-24(10-15-7-8-17(28-5)16(22)9-15)18(26)11-29-21(27)19-12(2)13(3)30-20(19)23-14(4)25/h7-9H,6,10-11H2,1-5H3,(H,23,25). The molecule has 1 aromatic carbocycles. The second-order valence-corrected chi connectivity index (χ2v) is 7.85. The van der Waals surface area contributed by atoms with Gasteiger partial charge in [0.25, 0.3) is 5.91 Å². The van der Waals surface area contributed by atoms with E-state index < -0.39 is 24.3 Å². The molecule has 30 heavy (non-hydrogen) atoms. The van der Waals surface area contributed by atoms with Crippen molar-refractivity contribution in [3.8, 4) is 5.75 Å². The smallest absolute Gasteiger partial charge is 0.341 e. The third kappa shape index (κ3) is 5.56. The molecular formula is C21H25FN2O5S. The van der Waals surface area contributed by atoms with Crippen molar-refractivity contribution >= 4 is 34.1 Å². The highest BCUT2D eigenvalue weighted by atomic mass is 32.1. The fourth-order valence-electron chi connectivity index (χ4n) is 2.82. The summed E-state index contributed by atoms with van der Waals surface area (Å²) in [4.78, 5) is 38.8. The fourth-order valence-corrected chi connectivity index (χ4v) is 3.91. The average Bonchev–Trinajstić information content (AvgIpc) is 2.96. The second-order valence-electron chi connectivity index (χ2n) is 6.62. The molecule has 9 heteroatoms. The van der Waals surface area contributed by atoms with Crippen LogP contribution < -0.4 is 10.1 Å². The lowest BCUT2D eigenvalue weighted by Gasteiger charge is -2.21. The lowest BCUT2D eigenvalue weighted by molar-refractivity contribution is -0.135. The van der Waals surface area contributed by atoms with Gasteiger partial charge in [-0.1, -0.05) is 6.07 Å². The van der Waals surface area contributed by atoms with Gasteiger partial charge in [0.2, 0.25) is 5.91 Å². The van der Waals surface area contributed by atoms with Crippen LogP contribution in [0.4, 0.5) is 9.39 Å². The lowest BCUT2D eigenvalue weighted by Crippen LogP contribution is -2.34. The molecular weight excluding hydrogens is 411 g/mol. The molecule has 0 atom stereocenters. The summed E-state index contributed by atoms with van der Waals surface area (Å²) in [6.45, 7) is 6.79. The molecule has 0 fully saturated rings. The Labute approximate surface area is 178 Å². The third-order valence-corrected chi connectivity index (χ3v) is 5.65. The van der Waals surface area contributed by atoms with Crippen molar-refractivity contribution in [1.29, 1.82) is 0 Å². The van der Waals surface area contributed by atoms with Crippen molar-refractivity contribution < 1.29 is 28.2 Å². The molecule has 7 nitrogen and oxygen atoms in total. The maximum atomic E-state index is 13.9. The first-order valence-corrected chi connectivity index (χ1v) is 10.1. The number of rotatable bonds is 8. The summed E-state index contributed by atoms with van der Waals surface area (Å²) in [6.07, 6.45) is 0. The first-order chi connectivity index (χ1) is 14.2. The number of carbonyl (C=O) groups excluding carboxylic acids is 3. The van der Waals surface area contributed by atoms with Crippen molar-refractivity contribution in [2.24, 2.45) is 0 Å². The van der Waals surface area contributed by atoms with E-state index in [2.05, 4.69) is 5.32 Å². The molecule has 0 spiro atoms. The van der Waals surface area contributed by atoms with Crippen LogP contribution in [0.5, 0.6) is 5.75 Å². The quantitative estimate of drug-likeness (QED) is 0.638. The van der Waals surface area contributed by atoms with Gasteiger partial charge in [0.05, 0.1) is 12.7 Å². The molecule has 0 aliphatic carbocycles. The molecule has 1 N–H and O–H groups in total. The van der Waals surface area contributed by atoms with Gasteiger partial charge in [-0.15, -0.1) is 11.3 Å². The zero-order valence-electron chi connectivity index (χ0n) is 17.6. The van der Waals surface area contributed by atoms with Gasteiger partial charge in [-0.05, 0) is 44.0 Å². The number of aryl methyl sites for hydroxylation is 1. The molecule has 2 amide bonds. The van der Waals surface area contributed by atoms with Crippen molar-refractivity contribution in [3.05, 3.63) is 45.6 Å². The van der Waals surface area contributed by atoms with Crippen LogP contribution in [0.25, 0.3) is 0 Å². The summed E-state index contributed by atoms with van der Waals surface area (Å²) in [6, 6.07) is 4.47. The average molecular weight is 437 g/mol. The van der Waals surface area contributed by atoms with E-state index in [-0.39, 0.29) is 23.8 Å². The minimum atomic E-state index is -0.680. The number of hydrogen-bond acceptors (Lipinski definition) is 6. The number of carbonyl (C=O) groups is 3. The van der Waals surface area contributed by atoms with Crippen LogP contribution in [0, 0.1) is 19.7 Å². The Morgan fingerprint density at radius 2 is 1.93 bits per heavy atom. The topological polar surface area (TPSA) is 84.9 Å². The van der Waals surface area contributed by atoms with Crippen molar-refractivity contribution in [2.75, 3.05) is 25.6 Å². The maximum absolute atomic E-state index is 13.9. The molecule has 0 aliphatic heterocycles. The molecule has 1 heterocycles. The number of likely N-dealkylation sites (N-methyl/N-ethyl adjacent to an activating group) is 1. The largest absolute Gasteiger partial charge is 0.494 e. The molecule has 0 saturated heterocycles. The van der Waals surface area contributed by atoms with E-state index in [0.717, 1.165) is 4.88 Å². The van der Waals surface area contributed by atoms with E-state index in [1.54, 1.807) is 19.9 Å². The number of halogens is 1.